The molecule has 126 valence electrons. The van der Waals surface area contributed by atoms with Gasteiger partial charge in [-0.05, 0) is 24.3 Å². The van der Waals surface area contributed by atoms with Gasteiger partial charge in [0.2, 0.25) is 10.0 Å². The fourth-order valence-electron chi connectivity index (χ4n) is 3.65. The third kappa shape index (κ3) is 3.45. The molecule has 2 unspecified atom stereocenters. The summed E-state index contributed by atoms with van der Waals surface area (Å²) in [4.78, 5) is 2.39. The molecule has 2 saturated heterocycles. The molecule has 6 heteroatoms. The van der Waals surface area contributed by atoms with Gasteiger partial charge in [-0.1, -0.05) is 30.3 Å². The molecule has 0 amide bonds. The van der Waals surface area contributed by atoms with Crippen LogP contribution in [0, 0.1) is 5.92 Å². The summed E-state index contributed by atoms with van der Waals surface area (Å²) in [6.45, 7) is 3.51. The summed E-state index contributed by atoms with van der Waals surface area (Å²) in [7, 11) is -3.12. The smallest absolute Gasteiger partial charge is 0.214 e. The number of hydrogen-bond donors (Lipinski definition) is 0. The molecule has 2 heterocycles. The van der Waals surface area contributed by atoms with Crippen molar-refractivity contribution < 1.29 is 13.2 Å². The number of ether oxygens (including phenoxy) is 1. The van der Waals surface area contributed by atoms with E-state index in [9.17, 15) is 8.42 Å². The lowest BCUT2D eigenvalue weighted by Crippen LogP contribution is -2.50. The molecular weight excluding hydrogens is 312 g/mol. The predicted molar refractivity (Wildman–Crippen MR) is 88.5 cm³/mol. The van der Waals surface area contributed by atoms with Crippen LogP contribution in [0.5, 0.6) is 0 Å². The number of sulfonamides is 1. The van der Waals surface area contributed by atoms with E-state index in [2.05, 4.69) is 17.0 Å². The average molecular weight is 336 g/mol. The Kier molecular flexibility index (Phi) is 4.17. The zero-order valence-electron chi connectivity index (χ0n) is 13.3. The third-order valence-electron chi connectivity index (χ3n) is 5.15. The molecule has 0 radical (unpaired) electrons. The Bertz CT molecular complexity index is 645. The van der Waals surface area contributed by atoms with E-state index < -0.39 is 10.0 Å². The first kappa shape index (κ1) is 15.6. The first-order valence-corrected chi connectivity index (χ1v) is 10.1. The highest BCUT2D eigenvalue weighted by molar-refractivity contribution is 7.89. The molecule has 0 N–H and O–H groups in total. The van der Waals surface area contributed by atoms with Gasteiger partial charge in [-0.15, -0.1) is 0 Å². The number of rotatable bonds is 5. The van der Waals surface area contributed by atoms with Gasteiger partial charge >= 0.3 is 0 Å². The molecule has 2 aliphatic heterocycles. The van der Waals surface area contributed by atoms with Gasteiger partial charge in [-0.3, -0.25) is 4.90 Å². The van der Waals surface area contributed by atoms with Crippen molar-refractivity contribution in [2.75, 3.05) is 32.0 Å². The Balaban J connectivity index is 1.45. The van der Waals surface area contributed by atoms with Crippen molar-refractivity contribution in [1.82, 2.24) is 9.21 Å². The number of benzene rings is 1. The third-order valence-corrected chi connectivity index (χ3v) is 7.13. The monoisotopic (exact) mass is 336 g/mol. The highest BCUT2D eigenvalue weighted by atomic mass is 32.2. The van der Waals surface area contributed by atoms with E-state index in [4.69, 9.17) is 4.74 Å². The topological polar surface area (TPSA) is 49.9 Å². The molecule has 1 aliphatic carbocycles. The van der Waals surface area contributed by atoms with Gasteiger partial charge in [0.25, 0.3) is 0 Å². The van der Waals surface area contributed by atoms with Crippen molar-refractivity contribution in [2.24, 2.45) is 5.92 Å². The van der Waals surface area contributed by atoms with Crippen LogP contribution in [-0.2, 0) is 21.3 Å². The van der Waals surface area contributed by atoms with Crippen LogP contribution in [0.2, 0.25) is 0 Å². The lowest BCUT2D eigenvalue weighted by Gasteiger charge is -2.36. The van der Waals surface area contributed by atoms with Crippen LogP contribution in [0.1, 0.15) is 18.4 Å². The maximum Gasteiger partial charge on any atom is 0.214 e. The van der Waals surface area contributed by atoms with E-state index in [1.165, 1.54) is 5.56 Å². The second-order valence-electron chi connectivity index (χ2n) is 6.97. The number of hydrogen-bond acceptors (Lipinski definition) is 4. The van der Waals surface area contributed by atoms with Gasteiger partial charge in [0, 0.05) is 26.2 Å². The van der Waals surface area contributed by atoms with Crippen molar-refractivity contribution in [3.8, 4) is 0 Å². The molecule has 3 aliphatic rings. The first-order chi connectivity index (χ1) is 11.1. The molecule has 23 heavy (non-hydrogen) atoms. The van der Waals surface area contributed by atoms with Crippen LogP contribution in [0.4, 0.5) is 0 Å². The number of nitrogens with zero attached hydrogens (tertiary/aromatic N) is 2. The number of morpholine rings is 1. The normalized spacial score (nSPS) is 29.6. The minimum absolute atomic E-state index is 0.0152. The minimum atomic E-state index is -3.12. The predicted octanol–water partition coefficient (Wildman–Crippen LogP) is 1.31. The van der Waals surface area contributed by atoms with Gasteiger partial charge in [-0.2, -0.15) is 4.31 Å². The summed E-state index contributed by atoms with van der Waals surface area (Å²) in [5.74, 6) is 0.717. The van der Waals surface area contributed by atoms with Crippen molar-refractivity contribution in [3.63, 3.8) is 0 Å². The molecule has 0 bridgehead atoms. The Morgan fingerprint density at radius 1 is 1.13 bits per heavy atom. The molecule has 1 saturated carbocycles. The highest BCUT2D eigenvalue weighted by Crippen LogP contribution is 2.33. The van der Waals surface area contributed by atoms with Crippen LogP contribution in [0.25, 0.3) is 0 Å². The van der Waals surface area contributed by atoms with Crippen LogP contribution in [-0.4, -0.2) is 61.8 Å². The van der Waals surface area contributed by atoms with Crippen molar-refractivity contribution >= 4 is 10.0 Å². The van der Waals surface area contributed by atoms with Crippen LogP contribution >= 0.6 is 0 Å². The lowest BCUT2D eigenvalue weighted by atomic mass is 10.1. The van der Waals surface area contributed by atoms with Crippen LogP contribution in [0.15, 0.2) is 30.3 Å². The van der Waals surface area contributed by atoms with E-state index in [1.807, 2.05) is 18.2 Å². The fourth-order valence-corrected chi connectivity index (χ4v) is 5.55. The average Bonchev–Trinajstić information content (AvgIpc) is 3.21. The second-order valence-corrected chi connectivity index (χ2v) is 8.99. The standard InChI is InChI=1S/C17H24N2O3S/c20-23(21,13-15-6-7-15)19-11-16-17(12-19)22-9-8-18(16)10-14-4-2-1-3-5-14/h1-5,15-17H,6-13H2. The van der Waals surface area contributed by atoms with Gasteiger partial charge in [0.05, 0.1) is 24.5 Å². The summed E-state index contributed by atoms with van der Waals surface area (Å²) >= 11 is 0. The Labute approximate surface area is 138 Å². The van der Waals surface area contributed by atoms with Gasteiger partial charge in [0.15, 0.2) is 0 Å². The maximum atomic E-state index is 12.5. The molecule has 5 nitrogen and oxygen atoms in total. The summed E-state index contributed by atoms with van der Waals surface area (Å²) in [6.07, 6.45) is 2.15. The Hall–Kier alpha value is -0.950. The summed E-state index contributed by atoms with van der Waals surface area (Å²) in [5.41, 5.74) is 1.27. The largest absolute Gasteiger partial charge is 0.374 e. The molecule has 1 aromatic carbocycles. The zero-order valence-corrected chi connectivity index (χ0v) is 14.1. The second kappa shape index (κ2) is 6.16. The molecule has 4 rings (SSSR count). The minimum Gasteiger partial charge on any atom is -0.374 e. The van der Waals surface area contributed by atoms with E-state index >= 15 is 0 Å². The fraction of sp³-hybridized carbons (Fsp3) is 0.647. The van der Waals surface area contributed by atoms with Crippen molar-refractivity contribution in [3.05, 3.63) is 35.9 Å². The summed E-state index contributed by atoms with van der Waals surface area (Å²) in [5, 5.41) is 0. The molecule has 3 fully saturated rings. The molecular formula is C17H24N2O3S. The van der Waals surface area contributed by atoms with Gasteiger partial charge < -0.3 is 4.74 Å². The summed E-state index contributed by atoms with van der Waals surface area (Å²) in [6, 6.07) is 10.6. The van der Waals surface area contributed by atoms with Crippen LogP contribution in [0.3, 0.4) is 0 Å². The zero-order chi connectivity index (χ0) is 15.9. The van der Waals surface area contributed by atoms with E-state index in [0.29, 0.717) is 31.4 Å². The Morgan fingerprint density at radius 3 is 2.65 bits per heavy atom. The quantitative estimate of drug-likeness (QED) is 0.814. The van der Waals surface area contributed by atoms with E-state index in [1.54, 1.807) is 4.31 Å². The van der Waals surface area contributed by atoms with Crippen LogP contribution < -0.4 is 0 Å². The van der Waals surface area contributed by atoms with Gasteiger partial charge in [-0.25, -0.2) is 8.42 Å². The molecule has 0 aromatic heterocycles. The summed E-state index contributed by atoms with van der Waals surface area (Å²) < 4.78 is 32.6. The highest BCUT2D eigenvalue weighted by Gasteiger charge is 2.45. The van der Waals surface area contributed by atoms with Crippen molar-refractivity contribution in [2.45, 2.75) is 31.5 Å². The maximum absolute atomic E-state index is 12.5. The first-order valence-electron chi connectivity index (χ1n) is 8.49. The lowest BCUT2D eigenvalue weighted by molar-refractivity contribution is -0.0502. The van der Waals surface area contributed by atoms with E-state index in [-0.39, 0.29) is 12.1 Å². The number of fused-ring (bicyclic) bond motifs is 1. The van der Waals surface area contributed by atoms with Gasteiger partial charge in [0.1, 0.15) is 0 Å². The Morgan fingerprint density at radius 2 is 1.91 bits per heavy atom. The molecule has 1 aromatic rings. The van der Waals surface area contributed by atoms with E-state index in [0.717, 1.165) is 25.9 Å². The molecule has 2 atom stereocenters. The van der Waals surface area contributed by atoms with Crippen molar-refractivity contribution in [1.29, 1.82) is 0 Å². The SMILES string of the molecule is O=S(=O)(CC1CC1)N1CC2OCCN(Cc3ccccc3)C2C1. The molecule has 0 spiro atoms.